The molecule has 0 spiro atoms. The molecule has 3 heterocycles. The van der Waals surface area contributed by atoms with Crippen LogP contribution in [0.3, 0.4) is 0 Å². The summed E-state index contributed by atoms with van der Waals surface area (Å²) in [5.41, 5.74) is 3.51. The smallest absolute Gasteiger partial charge is 0.180 e. The van der Waals surface area contributed by atoms with E-state index in [1.165, 1.54) is 12.3 Å². The average molecular weight is 425 g/mol. The van der Waals surface area contributed by atoms with Gasteiger partial charge in [-0.15, -0.1) is 5.11 Å². The molecule has 32 heavy (non-hydrogen) atoms. The van der Waals surface area contributed by atoms with Crippen LogP contribution in [0.1, 0.15) is 5.56 Å². The van der Waals surface area contributed by atoms with Gasteiger partial charge in [-0.1, -0.05) is 41.6 Å². The Morgan fingerprint density at radius 2 is 1.59 bits per heavy atom. The van der Waals surface area contributed by atoms with Crippen molar-refractivity contribution in [2.24, 2.45) is 10.2 Å². The lowest BCUT2D eigenvalue weighted by atomic mass is 10.2. The molecule has 0 unspecified atom stereocenters. The first kappa shape index (κ1) is 19.4. The summed E-state index contributed by atoms with van der Waals surface area (Å²) in [7, 11) is 0. The third-order valence-electron chi connectivity index (χ3n) is 4.66. The molecule has 0 aliphatic carbocycles. The quantitative estimate of drug-likeness (QED) is 0.330. The van der Waals surface area contributed by atoms with Crippen LogP contribution in [-0.4, -0.2) is 24.9 Å². The Bertz CT molecular complexity index is 1350. The van der Waals surface area contributed by atoms with Gasteiger partial charge >= 0.3 is 0 Å². The molecule has 0 atom stereocenters. The van der Waals surface area contributed by atoms with Gasteiger partial charge in [-0.2, -0.15) is 10.2 Å². The minimum absolute atomic E-state index is 0.220. The molecule has 0 fully saturated rings. The highest BCUT2D eigenvalue weighted by molar-refractivity contribution is 5.62. The molecule has 0 amide bonds. The van der Waals surface area contributed by atoms with E-state index in [0.29, 0.717) is 34.2 Å². The molecule has 0 aliphatic heterocycles. The number of benzene rings is 2. The summed E-state index contributed by atoms with van der Waals surface area (Å²) in [6.45, 7) is 0.220. The van der Waals surface area contributed by atoms with Crippen molar-refractivity contribution in [2.75, 3.05) is 0 Å². The molecule has 3 aromatic heterocycles. The fourth-order valence-corrected chi connectivity index (χ4v) is 3.10. The molecular formula is C23H16FN7O. The number of nitrogens with zero attached hydrogens (tertiary/aromatic N) is 7. The van der Waals surface area contributed by atoms with Crippen molar-refractivity contribution in [3.8, 4) is 22.9 Å². The topological polar surface area (TPSA) is 94.3 Å². The Morgan fingerprint density at radius 1 is 0.844 bits per heavy atom. The maximum absolute atomic E-state index is 14.2. The number of hydrogen-bond acceptors (Lipinski definition) is 7. The summed E-state index contributed by atoms with van der Waals surface area (Å²) in [4.78, 5) is 8.73. The number of rotatable bonds is 6. The maximum Gasteiger partial charge on any atom is 0.180 e. The van der Waals surface area contributed by atoms with E-state index < -0.39 is 0 Å². The van der Waals surface area contributed by atoms with Crippen molar-refractivity contribution in [1.82, 2.24) is 24.9 Å². The summed E-state index contributed by atoms with van der Waals surface area (Å²) in [5.74, 6) is 0.0979. The van der Waals surface area contributed by atoms with Gasteiger partial charge < -0.3 is 4.52 Å². The van der Waals surface area contributed by atoms with Gasteiger partial charge in [0.1, 0.15) is 29.2 Å². The Labute approximate surface area is 182 Å². The Balaban J connectivity index is 1.44. The van der Waals surface area contributed by atoms with Crippen molar-refractivity contribution in [1.29, 1.82) is 0 Å². The molecule has 0 radical (unpaired) electrons. The van der Waals surface area contributed by atoms with Gasteiger partial charge in [0.15, 0.2) is 5.82 Å². The van der Waals surface area contributed by atoms with Crippen LogP contribution < -0.4 is 0 Å². The van der Waals surface area contributed by atoms with Crippen LogP contribution in [-0.2, 0) is 6.54 Å². The largest absolute Gasteiger partial charge is 0.364 e. The zero-order chi connectivity index (χ0) is 21.8. The fraction of sp³-hybridized carbons (Fsp3) is 0.0435. The Hall–Kier alpha value is -4.53. The number of hydrogen-bond donors (Lipinski definition) is 0. The fourth-order valence-electron chi connectivity index (χ4n) is 3.10. The van der Waals surface area contributed by atoms with Gasteiger partial charge in [-0.3, -0.25) is 4.68 Å². The Kier molecular flexibility index (Phi) is 5.27. The molecule has 5 aromatic rings. The second-order valence-corrected chi connectivity index (χ2v) is 6.85. The van der Waals surface area contributed by atoms with Crippen molar-refractivity contribution in [3.05, 3.63) is 96.8 Å². The lowest BCUT2D eigenvalue weighted by molar-refractivity contribution is 0.421. The van der Waals surface area contributed by atoms with Gasteiger partial charge in [0, 0.05) is 11.6 Å². The normalized spacial score (nSPS) is 11.3. The van der Waals surface area contributed by atoms with E-state index in [1.807, 2.05) is 30.3 Å². The van der Waals surface area contributed by atoms with Crippen LogP contribution in [0.2, 0.25) is 0 Å². The van der Waals surface area contributed by atoms with Gasteiger partial charge in [0.2, 0.25) is 0 Å². The molecule has 0 bridgehead atoms. The highest BCUT2D eigenvalue weighted by atomic mass is 19.1. The molecule has 9 heteroatoms. The van der Waals surface area contributed by atoms with Crippen LogP contribution in [0.25, 0.3) is 22.9 Å². The summed E-state index contributed by atoms with van der Waals surface area (Å²) < 4.78 is 20.8. The van der Waals surface area contributed by atoms with Crippen molar-refractivity contribution in [2.45, 2.75) is 6.54 Å². The predicted molar refractivity (Wildman–Crippen MR) is 115 cm³/mol. The molecule has 8 nitrogen and oxygen atoms in total. The molecule has 0 aliphatic rings. The first-order valence-corrected chi connectivity index (χ1v) is 9.77. The second kappa shape index (κ2) is 8.68. The molecule has 0 N–H and O–H groups in total. The lowest BCUT2D eigenvalue weighted by Gasteiger charge is -2.06. The lowest BCUT2D eigenvalue weighted by Crippen LogP contribution is -2.06. The van der Waals surface area contributed by atoms with Crippen LogP contribution in [0.4, 0.5) is 15.8 Å². The van der Waals surface area contributed by atoms with E-state index in [0.717, 1.165) is 5.69 Å². The molecule has 5 rings (SSSR count). The molecular weight excluding hydrogens is 409 g/mol. The first-order chi connectivity index (χ1) is 15.8. The maximum atomic E-state index is 14.2. The van der Waals surface area contributed by atoms with Crippen LogP contribution in [0.5, 0.6) is 0 Å². The van der Waals surface area contributed by atoms with E-state index in [2.05, 4.69) is 30.5 Å². The predicted octanol–water partition coefficient (Wildman–Crippen LogP) is 5.60. The average Bonchev–Trinajstić information content (AvgIpc) is 3.50. The third-order valence-corrected chi connectivity index (χ3v) is 4.66. The van der Waals surface area contributed by atoms with Gasteiger partial charge in [0.25, 0.3) is 0 Å². The van der Waals surface area contributed by atoms with E-state index in [9.17, 15) is 4.39 Å². The minimum Gasteiger partial charge on any atom is -0.364 e. The highest BCUT2D eigenvalue weighted by Gasteiger charge is 2.16. The number of aromatic nitrogens is 5. The van der Waals surface area contributed by atoms with Crippen molar-refractivity contribution < 1.29 is 8.91 Å². The first-order valence-electron chi connectivity index (χ1n) is 9.77. The van der Waals surface area contributed by atoms with Crippen LogP contribution in [0, 0.1) is 5.82 Å². The SMILES string of the molecule is Fc1ccccc1Cn1nc(-c2ncc(N=Nc3ccccc3)cn2)cc1-c1ccon1. The number of azo groups is 1. The summed E-state index contributed by atoms with van der Waals surface area (Å²) in [5, 5.41) is 16.9. The summed E-state index contributed by atoms with van der Waals surface area (Å²) in [6, 6.07) is 19.5. The minimum atomic E-state index is -0.306. The standard InChI is InChI=1S/C23H16FN7O/c24-19-9-5-4-6-16(19)15-31-22(20-10-11-32-30-20)12-21(29-31)23-25-13-18(14-26-23)28-27-17-7-2-1-3-8-17/h1-14H,15H2. The molecule has 0 saturated carbocycles. The zero-order valence-corrected chi connectivity index (χ0v) is 16.7. The zero-order valence-electron chi connectivity index (χ0n) is 16.7. The van der Waals surface area contributed by atoms with Crippen LogP contribution in [0.15, 0.2) is 100 Å². The Morgan fingerprint density at radius 3 is 2.34 bits per heavy atom. The molecule has 0 saturated heterocycles. The van der Waals surface area contributed by atoms with Crippen LogP contribution >= 0.6 is 0 Å². The van der Waals surface area contributed by atoms with Crippen molar-refractivity contribution in [3.63, 3.8) is 0 Å². The third kappa shape index (κ3) is 4.17. The number of halogens is 1. The monoisotopic (exact) mass is 425 g/mol. The van der Waals surface area contributed by atoms with E-state index in [-0.39, 0.29) is 12.4 Å². The summed E-state index contributed by atoms with van der Waals surface area (Å²) in [6.07, 6.45) is 4.61. The summed E-state index contributed by atoms with van der Waals surface area (Å²) >= 11 is 0. The molecule has 156 valence electrons. The highest BCUT2D eigenvalue weighted by Crippen LogP contribution is 2.25. The van der Waals surface area contributed by atoms with E-state index >= 15 is 0 Å². The van der Waals surface area contributed by atoms with E-state index in [4.69, 9.17) is 4.52 Å². The van der Waals surface area contributed by atoms with E-state index in [1.54, 1.807) is 47.4 Å². The van der Waals surface area contributed by atoms with Gasteiger partial charge in [0.05, 0.1) is 30.3 Å². The van der Waals surface area contributed by atoms with Crippen molar-refractivity contribution >= 4 is 11.4 Å². The van der Waals surface area contributed by atoms with Gasteiger partial charge in [-0.05, 0) is 24.3 Å². The second-order valence-electron chi connectivity index (χ2n) is 6.85. The van der Waals surface area contributed by atoms with Gasteiger partial charge in [-0.25, -0.2) is 14.4 Å². The molecule has 2 aromatic carbocycles.